The minimum Gasteiger partial charge on any atom is -0.496 e. The Morgan fingerprint density at radius 1 is 1.12 bits per heavy atom. The van der Waals surface area contributed by atoms with E-state index in [-0.39, 0.29) is 0 Å². The van der Waals surface area contributed by atoms with E-state index in [0.717, 1.165) is 22.3 Å². The van der Waals surface area contributed by atoms with Crippen molar-refractivity contribution in [2.24, 2.45) is 0 Å². The molecular weight excluding hydrogens is 342 g/mol. The van der Waals surface area contributed by atoms with Crippen LogP contribution in [0.3, 0.4) is 0 Å². The summed E-state index contributed by atoms with van der Waals surface area (Å²) in [7, 11) is 2.88. The highest BCUT2D eigenvalue weighted by Crippen LogP contribution is 2.31. The zero-order chi connectivity index (χ0) is 17.1. The van der Waals surface area contributed by atoms with Crippen LogP contribution in [0.2, 0.25) is 0 Å². The van der Waals surface area contributed by atoms with Gasteiger partial charge < -0.3 is 14.4 Å². The van der Waals surface area contributed by atoms with Gasteiger partial charge in [-0.05, 0) is 29.3 Å². The highest BCUT2D eigenvalue weighted by Gasteiger charge is 2.22. The molecule has 124 valence electrons. The van der Waals surface area contributed by atoms with Gasteiger partial charge in [-0.1, -0.05) is 48.2 Å². The molecule has 1 heterocycles. The molecule has 2 aromatic rings. The predicted molar refractivity (Wildman–Crippen MR) is 98.5 cm³/mol. The van der Waals surface area contributed by atoms with E-state index >= 15 is 0 Å². The number of fused-ring (bicyclic) bond motifs is 1. The van der Waals surface area contributed by atoms with Crippen molar-refractivity contribution in [1.82, 2.24) is 4.90 Å². The van der Waals surface area contributed by atoms with Crippen LogP contribution >= 0.6 is 24.0 Å². The summed E-state index contributed by atoms with van der Waals surface area (Å²) >= 11 is 7.05. The summed E-state index contributed by atoms with van der Waals surface area (Å²) < 4.78 is 10.8. The van der Waals surface area contributed by atoms with E-state index in [1.54, 1.807) is 12.1 Å². The first-order valence-corrected chi connectivity index (χ1v) is 8.64. The third kappa shape index (κ3) is 3.39. The average molecular weight is 359 g/mol. The van der Waals surface area contributed by atoms with Crippen LogP contribution in [0, 0.1) is 0 Å². The molecular formula is C18H17NO3S2. The van der Waals surface area contributed by atoms with E-state index in [4.69, 9.17) is 21.7 Å². The van der Waals surface area contributed by atoms with Gasteiger partial charge in [0.05, 0.1) is 14.2 Å². The second-order valence-electron chi connectivity index (χ2n) is 5.35. The molecule has 24 heavy (non-hydrogen) atoms. The molecule has 6 heteroatoms. The van der Waals surface area contributed by atoms with E-state index in [9.17, 15) is 4.79 Å². The maximum Gasteiger partial charge on any atom is 0.341 e. The molecule has 0 N–H and O–H groups in total. The van der Waals surface area contributed by atoms with Crippen molar-refractivity contribution in [2.45, 2.75) is 18.0 Å². The molecule has 0 bridgehead atoms. The zero-order valence-electron chi connectivity index (χ0n) is 13.4. The third-order valence-corrected chi connectivity index (χ3v) is 5.31. The summed E-state index contributed by atoms with van der Waals surface area (Å²) in [6.45, 7) is 1.64. The standard InChI is InChI=1S/C18H17NO3S2/c1-21-16-8-7-14(9-15(16)17(20)22-2)24-18(23)19-10-12-5-3-4-6-13(12)11-19/h3-9H,10-11H2,1-2H3. The van der Waals surface area contributed by atoms with Gasteiger partial charge in [0.15, 0.2) is 0 Å². The first kappa shape index (κ1) is 16.8. The molecule has 1 aliphatic heterocycles. The quantitative estimate of drug-likeness (QED) is 0.470. The lowest BCUT2D eigenvalue weighted by Crippen LogP contribution is -2.20. The van der Waals surface area contributed by atoms with Gasteiger partial charge in [-0.2, -0.15) is 0 Å². The normalized spacial score (nSPS) is 12.7. The van der Waals surface area contributed by atoms with Crippen LogP contribution in [-0.2, 0) is 17.8 Å². The Morgan fingerprint density at radius 3 is 2.38 bits per heavy atom. The fraction of sp³-hybridized carbons (Fsp3) is 0.222. The molecule has 0 saturated carbocycles. The molecule has 0 amide bonds. The first-order valence-electron chi connectivity index (χ1n) is 7.42. The van der Waals surface area contributed by atoms with Crippen LogP contribution in [0.15, 0.2) is 47.4 Å². The lowest BCUT2D eigenvalue weighted by Gasteiger charge is -2.18. The Bertz CT molecular complexity index is 767. The number of hydrogen-bond donors (Lipinski definition) is 0. The minimum absolute atomic E-state index is 0.400. The molecule has 0 spiro atoms. The number of hydrogen-bond acceptors (Lipinski definition) is 5. The SMILES string of the molecule is COC(=O)c1cc(SC(=S)N2Cc3ccccc3C2)ccc1OC. The summed E-state index contributed by atoms with van der Waals surface area (Å²) in [4.78, 5) is 14.9. The van der Waals surface area contributed by atoms with Crippen LogP contribution in [-0.4, -0.2) is 29.4 Å². The van der Waals surface area contributed by atoms with Gasteiger partial charge in [-0.3, -0.25) is 0 Å². The number of benzene rings is 2. The Kier molecular flexibility index (Phi) is 5.06. The summed E-state index contributed by atoms with van der Waals surface area (Å²) in [6.07, 6.45) is 0. The van der Waals surface area contributed by atoms with E-state index < -0.39 is 5.97 Å². The van der Waals surface area contributed by atoms with E-state index in [1.807, 2.05) is 18.2 Å². The average Bonchev–Trinajstić information content (AvgIpc) is 3.05. The third-order valence-electron chi connectivity index (χ3n) is 3.88. The highest BCUT2D eigenvalue weighted by atomic mass is 32.2. The molecule has 0 aliphatic carbocycles. The highest BCUT2D eigenvalue weighted by molar-refractivity contribution is 8.22. The van der Waals surface area contributed by atoms with Gasteiger partial charge in [-0.15, -0.1) is 0 Å². The number of methoxy groups -OCH3 is 2. The zero-order valence-corrected chi connectivity index (χ0v) is 15.1. The molecule has 0 aromatic heterocycles. The van der Waals surface area contributed by atoms with Gasteiger partial charge in [-0.25, -0.2) is 4.79 Å². The Morgan fingerprint density at radius 2 is 1.79 bits per heavy atom. The first-order chi connectivity index (χ1) is 11.6. The molecule has 1 aliphatic rings. The van der Waals surface area contributed by atoms with Crippen molar-refractivity contribution < 1.29 is 14.3 Å². The molecule has 0 atom stereocenters. The Balaban J connectivity index is 1.75. The molecule has 0 saturated heterocycles. The van der Waals surface area contributed by atoms with Gasteiger partial charge in [0.25, 0.3) is 0 Å². The summed E-state index contributed by atoms with van der Waals surface area (Å²) in [5.74, 6) is 0.0690. The fourth-order valence-electron chi connectivity index (χ4n) is 2.65. The Hall–Kier alpha value is -2.05. The van der Waals surface area contributed by atoms with Crippen LogP contribution < -0.4 is 4.74 Å². The van der Waals surface area contributed by atoms with Crippen LogP contribution in [0.4, 0.5) is 0 Å². The number of carbonyl (C=O) groups excluding carboxylic acids is 1. The van der Waals surface area contributed by atoms with Crippen molar-refractivity contribution in [2.75, 3.05) is 14.2 Å². The van der Waals surface area contributed by atoms with Crippen LogP contribution in [0.5, 0.6) is 5.75 Å². The van der Waals surface area contributed by atoms with Crippen molar-refractivity contribution in [3.05, 3.63) is 59.2 Å². The minimum atomic E-state index is -0.422. The lowest BCUT2D eigenvalue weighted by atomic mass is 10.1. The number of esters is 1. The molecule has 0 fully saturated rings. The van der Waals surface area contributed by atoms with Gasteiger partial charge in [0, 0.05) is 18.0 Å². The van der Waals surface area contributed by atoms with Gasteiger partial charge in [0.2, 0.25) is 0 Å². The summed E-state index contributed by atoms with van der Waals surface area (Å²) in [5, 5.41) is 0. The molecule has 2 aromatic carbocycles. The maximum atomic E-state index is 11.9. The molecule has 0 radical (unpaired) electrons. The summed E-state index contributed by atoms with van der Waals surface area (Å²) in [6, 6.07) is 13.8. The topological polar surface area (TPSA) is 38.8 Å². The second kappa shape index (κ2) is 7.23. The van der Waals surface area contributed by atoms with Crippen LogP contribution in [0.1, 0.15) is 21.5 Å². The number of thiocarbonyl (C=S) groups is 1. The van der Waals surface area contributed by atoms with Gasteiger partial charge in [0.1, 0.15) is 15.6 Å². The number of thioether (sulfide) groups is 1. The molecule has 4 nitrogen and oxygen atoms in total. The van der Waals surface area contributed by atoms with Crippen molar-refractivity contribution >= 4 is 34.3 Å². The van der Waals surface area contributed by atoms with Crippen molar-refractivity contribution in [3.8, 4) is 5.75 Å². The molecule has 3 rings (SSSR count). The largest absolute Gasteiger partial charge is 0.496 e. The van der Waals surface area contributed by atoms with Crippen molar-refractivity contribution in [1.29, 1.82) is 0 Å². The van der Waals surface area contributed by atoms with Crippen LogP contribution in [0.25, 0.3) is 0 Å². The number of nitrogens with zero attached hydrogens (tertiary/aromatic N) is 1. The smallest absolute Gasteiger partial charge is 0.341 e. The Labute approximate surface area is 150 Å². The van der Waals surface area contributed by atoms with Crippen molar-refractivity contribution in [3.63, 3.8) is 0 Å². The molecule has 0 unspecified atom stereocenters. The van der Waals surface area contributed by atoms with E-state index in [1.165, 1.54) is 37.1 Å². The fourth-order valence-corrected chi connectivity index (χ4v) is 3.84. The number of rotatable bonds is 3. The van der Waals surface area contributed by atoms with E-state index in [2.05, 4.69) is 17.0 Å². The maximum absolute atomic E-state index is 11.9. The monoisotopic (exact) mass is 359 g/mol. The summed E-state index contributed by atoms with van der Waals surface area (Å²) in [5.41, 5.74) is 3.02. The second-order valence-corrected chi connectivity index (χ2v) is 7.05. The van der Waals surface area contributed by atoms with E-state index in [0.29, 0.717) is 11.3 Å². The lowest BCUT2D eigenvalue weighted by molar-refractivity contribution is 0.0597. The van der Waals surface area contributed by atoms with Gasteiger partial charge >= 0.3 is 5.97 Å². The number of carbonyl (C=O) groups is 1. The number of ether oxygens (including phenoxy) is 2. The predicted octanol–water partition coefficient (Wildman–Crippen LogP) is 3.87.